The zero-order valence-electron chi connectivity index (χ0n) is 10.1. The number of thiocarbonyl (C=S) groups is 1. The van der Waals surface area contributed by atoms with E-state index in [0.29, 0.717) is 0 Å². The molecule has 0 saturated carbocycles. The molecule has 1 aromatic rings. The lowest BCUT2D eigenvalue weighted by Crippen LogP contribution is -2.64. The van der Waals surface area contributed by atoms with Crippen LogP contribution in [0.3, 0.4) is 0 Å². The summed E-state index contributed by atoms with van der Waals surface area (Å²) >= 11 is 5.42. The first-order chi connectivity index (χ1) is 8.14. The van der Waals surface area contributed by atoms with Gasteiger partial charge in [-0.1, -0.05) is 18.2 Å². The normalized spacial score (nSPS) is 30.4. The van der Waals surface area contributed by atoms with Crippen LogP contribution in [0, 0.1) is 0 Å². The van der Waals surface area contributed by atoms with Crippen molar-refractivity contribution in [1.29, 1.82) is 0 Å². The molecule has 1 saturated heterocycles. The maximum Gasteiger partial charge on any atom is 0.184 e. The summed E-state index contributed by atoms with van der Waals surface area (Å²) < 4.78 is 6.16. The molecule has 2 aliphatic rings. The molecule has 1 N–H and O–H groups in total. The highest BCUT2D eigenvalue weighted by Gasteiger charge is 2.46. The summed E-state index contributed by atoms with van der Waals surface area (Å²) in [6.07, 6.45) is 0.929. The minimum atomic E-state index is -0.309. The quantitative estimate of drug-likeness (QED) is 0.772. The molecule has 0 aromatic heterocycles. The second-order valence-corrected chi connectivity index (χ2v) is 5.15. The number of benzene rings is 1. The molecule has 1 fully saturated rings. The molecule has 2 heterocycles. The van der Waals surface area contributed by atoms with Gasteiger partial charge in [0.15, 0.2) is 10.8 Å². The van der Waals surface area contributed by atoms with Gasteiger partial charge < -0.3 is 15.0 Å². The smallest absolute Gasteiger partial charge is 0.184 e. The van der Waals surface area contributed by atoms with E-state index in [2.05, 4.69) is 30.1 Å². The van der Waals surface area contributed by atoms with Crippen LogP contribution in [0.25, 0.3) is 0 Å². The minimum Gasteiger partial charge on any atom is -0.468 e. The molecule has 17 heavy (non-hydrogen) atoms. The number of nitrogens with zero attached hydrogens (tertiary/aromatic N) is 1. The van der Waals surface area contributed by atoms with Crippen LogP contribution in [0.15, 0.2) is 24.3 Å². The first-order valence-corrected chi connectivity index (χ1v) is 6.41. The molecule has 2 aliphatic heterocycles. The van der Waals surface area contributed by atoms with Crippen LogP contribution in [0.2, 0.25) is 0 Å². The number of hydrogen-bond acceptors (Lipinski definition) is 2. The first-order valence-electron chi connectivity index (χ1n) is 6.00. The fourth-order valence-electron chi connectivity index (χ4n) is 2.84. The van der Waals surface area contributed by atoms with Gasteiger partial charge in [-0.25, -0.2) is 0 Å². The summed E-state index contributed by atoms with van der Waals surface area (Å²) in [5, 5.41) is 4.20. The van der Waals surface area contributed by atoms with Crippen LogP contribution in [0.1, 0.15) is 31.9 Å². The van der Waals surface area contributed by atoms with Crippen molar-refractivity contribution in [2.75, 3.05) is 6.54 Å². The number of rotatable bonds is 1. The minimum absolute atomic E-state index is 0.278. The summed E-state index contributed by atoms with van der Waals surface area (Å²) in [5.41, 5.74) is 0.902. The monoisotopic (exact) mass is 248 g/mol. The van der Waals surface area contributed by atoms with Crippen LogP contribution in [-0.4, -0.2) is 22.3 Å². The van der Waals surface area contributed by atoms with E-state index in [4.69, 9.17) is 17.0 Å². The van der Waals surface area contributed by atoms with E-state index in [1.54, 1.807) is 0 Å². The third-order valence-corrected chi connectivity index (χ3v) is 3.98. The van der Waals surface area contributed by atoms with Gasteiger partial charge in [0.25, 0.3) is 0 Å². The molecule has 0 aliphatic carbocycles. The zero-order valence-corrected chi connectivity index (χ0v) is 10.9. The Morgan fingerprint density at radius 2 is 2.29 bits per heavy atom. The molecule has 3 rings (SSSR count). The number of hydrogen-bond donors (Lipinski definition) is 1. The lowest BCUT2D eigenvalue weighted by molar-refractivity contribution is -0.0658. The van der Waals surface area contributed by atoms with E-state index < -0.39 is 0 Å². The Bertz CT molecular complexity index is 476. The van der Waals surface area contributed by atoms with Crippen molar-refractivity contribution >= 4 is 17.3 Å². The fraction of sp³-hybridized carbons (Fsp3) is 0.462. The van der Waals surface area contributed by atoms with Crippen LogP contribution < -0.4 is 10.1 Å². The second-order valence-electron chi connectivity index (χ2n) is 4.77. The van der Waals surface area contributed by atoms with Gasteiger partial charge >= 0.3 is 0 Å². The molecule has 0 amide bonds. The zero-order chi connectivity index (χ0) is 12.0. The maximum atomic E-state index is 6.16. The van der Waals surface area contributed by atoms with Crippen molar-refractivity contribution in [2.24, 2.45) is 0 Å². The lowest BCUT2D eigenvalue weighted by atomic mass is 9.91. The topological polar surface area (TPSA) is 24.5 Å². The van der Waals surface area contributed by atoms with Crippen molar-refractivity contribution in [1.82, 2.24) is 10.2 Å². The predicted molar refractivity (Wildman–Crippen MR) is 70.9 cm³/mol. The summed E-state index contributed by atoms with van der Waals surface area (Å²) in [5.74, 6) is 0.972. The van der Waals surface area contributed by atoms with Gasteiger partial charge in [-0.05, 0) is 32.1 Å². The number of ether oxygens (including phenoxy) is 1. The third kappa shape index (κ3) is 1.51. The molecule has 4 heteroatoms. The summed E-state index contributed by atoms with van der Waals surface area (Å²) in [6.45, 7) is 5.08. The SMILES string of the molecule is CCN1C(=S)N[C@H]2C[C@@]1(C)Oc1ccccc12. The summed E-state index contributed by atoms with van der Waals surface area (Å²) in [6, 6.07) is 8.47. The van der Waals surface area contributed by atoms with Crippen molar-refractivity contribution in [3.63, 3.8) is 0 Å². The van der Waals surface area contributed by atoms with Crippen molar-refractivity contribution < 1.29 is 4.74 Å². The van der Waals surface area contributed by atoms with E-state index >= 15 is 0 Å². The Balaban J connectivity index is 2.08. The lowest BCUT2D eigenvalue weighted by Gasteiger charge is -2.52. The molecule has 0 radical (unpaired) electrons. The largest absolute Gasteiger partial charge is 0.468 e. The van der Waals surface area contributed by atoms with E-state index in [-0.39, 0.29) is 11.8 Å². The van der Waals surface area contributed by atoms with E-state index in [1.807, 2.05) is 18.2 Å². The molecular weight excluding hydrogens is 232 g/mol. The highest BCUT2D eigenvalue weighted by Crippen LogP contribution is 2.43. The predicted octanol–water partition coefficient (Wildman–Crippen LogP) is 2.44. The van der Waals surface area contributed by atoms with Gasteiger partial charge in [0.05, 0.1) is 6.04 Å². The second kappa shape index (κ2) is 3.60. The Morgan fingerprint density at radius 1 is 1.53 bits per heavy atom. The molecule has 2 bridgehead atoms. The van der Waals surface area contributed by atoms with Crippen molar-refractivity contribution in [3.05, 3.63) is 29.8 Å². The van der Waals surface area contributed by atoms with E-state index in [1.165, 1.54) is 5.56 Å². The highest BCUT2D eigenvalue weighted by atomic mass is 32.1. The van der Waals surface area contributed by atoms with Gasteiger partial charge in [-0.3, -0.25) is 0 Å². The van der Waals surface area contributed by atoms with Gasteiger partial charge in [0.1, 0.15) is 5.75 Å². The fourth-order valence-corrected chi connectivity index (χ4v) is 3.31. The van der Waals surface area contributed by atoms with Crippen molar-refractivity contribution in [2.45, 2.75) is 32.0 Å². The summed E-state index contributed by atoms with van der Waals surface area (Å²) in [7, 11) is 0. The van der Waals surface area contributed by atoms with E-state index in [9.17, 15) is 0 Å². The number of para-hydroxylation sites is 1. The Kier molecular flexibility index (Phi) is 2.30. The van der Waals surface area contributed by atoms with E-state index in [0.717, 1.165) is 23.8 Å². The Morgan fingerprint density at radius 3 is 3.06 bits per heavy atom. The highest BCUT2D eigenvalue weighted by molar-refractivity contribution is 7.80. The Hall–Kier alpha value is -1.29. The van der Waals surface area contributed by atoms with Gasteiger partial charge in [0.2, 0.25) is 0 Å². The Labute approximate surface area is 107 Å². The molecule has 0 spiro atoms. The van der Waals surface area contributed by atoms with Crippen LogP contribution in [0.5, 0.6) is 5.75 Å². The number of nitrogens with one attached hydrogen (secondary N) is 1. The molecule has 90 valence electrons. The first kappa shape index (κ1) is 10.8. The van der Waals surface area contributed by atoms with Gasteiger partial charge in [-0.15, -0.1) is 0 Å². The van der Waals surface area contributed by atoms with Gasteiger partial charge in [-0.2, -0.15) is 0 Å². The third-order valence-electron chi connectivity index (χ3n) is 3.64. The number of fused-ring (bicyclic) bond motifs is 4. The summed E-state index contributed by atoms with van der Waals surface area (Å²) in [4.78, 5) is 2.12. The average Bonchev–Trinajstić information content (AvgIpc) is 2.28. The standard InChI is InChI=1S/C13H16N2OS/c1-3-15-12(17)14-10-8-13(15,2)16-11-7-5-4-6-9(10)11/h4-7,10H,3,8H2,1-2H3,(H,14,17)/t10-,13+/m0/s1. The molecule has 2 atom stereocenters. The molecule has 0 unspecified atom stereocenters. The van der Waals surface area contributed by atoms with Crippen LogP contribution in [0.4, 0.5) is 0 Å². The molecule has 3 nitrogen and oxygen atoms in total. The van der Waals surface area contributed by atoms with Gasteiger partial charge in [0, 0.05) is 18.5 Å². The molecule has 1 aromatic carbocycles. The average molecular weight is 248 g/mol. The van der Waals surface area contributed by atoms with Crippen molar-refractivity contribution in [3.8, 4) is 5.75 Å². The molecular formula is C13H16N2OS. The maximum absolute atomic E-state index is 6.16. The van der Waals surface area contributed by atoms with Crippen LogP contribution in [-0.2, 0) is 0 Å². The van der Waals surface area contributed by atoms with Crippen LogP contribution >= 0.6 is 12.2 Å².